The number of hydrogen-bond donors (Lipinski definition) is 0. The summed E-state index contributed by atoms with van der Waals surface area (Å²) in [6.45, 7) is 2.52. The summed E-state index contributed by atoms with van der Waals surface area (Å²) in [6.07, 6.45) is 0. The molecule has 5 aromatic rings. The Morgan fingerprint density at radius 1 is 0.814 bits per heavy atom. The predicted octanol–water partition coefficient (Wildman–Crippen LogP) is 6.00. The number of piperazine rings is 1. The molecule has 0 aliphatic carbocycles. The van der Waals surface area contributed by atoms with Crippen LogP contribution in [0.2, 0.25) is 0 Å². The van der Waals surface area contributed by atoms with E-state index in [4.69, 9.17) is 9.84 Å². The molecule has 9 nitrogen and oxygen atoms in total. The number of aromatic nitrogens is 2. The third kappa shape index (κ3) is 5.89. The first-order valence-corrected chi connectivity index (χ1v) is 14.1. The average Bonchev–Trinajstić information content (AvgIpc) is 3.52. The smallest absolute Gasteiger partial charge is 0.272 e. The molecular formula is C34H31N5O4. The van der Waals surface area contributed by atoms with Gasteiger partial charge in [-0.3, -0.25) is 19.8 Å². The van der Waals surface area contributed by atoms with E-state index >= 15 is 0 Å². The summed E-state index contributed by atoms with van der Waals surface area (Å²) < 4.78 is 6.87. The summed E-state index contributed by atoms with van der Waals surface area (Å²) in [6, 6.07) is 36.3. The van der Waals surface area contributed by atoms with Gasteiger partial charge in [-0.2, -0.15) is 5.10 Å². The molecule has 0 N–H and O–H groups in total. The standard InChI is InChI=1S/C34H31N5O4/c1-43-30-18-12-25(13-19-30)31-24-32(38(35-31)28-14-16-29(17-15-28)39(41)42)34(40)37-22-20-36(21-23-37)33(26-8-4-2-5-9-26)27-10-6-3-7-11-27/h2-19,24,33H,20-23H2,1H3. The number of nitrogens with zero attached hydrogens (tertiary/aromatic N) is 5. The normalized spacial score (nSPS) is 13.7. The van der Waals surface area contributed by atoms with Gasteiger partial charge in [0, 0.05) is 43.9 Å². The highest BCUT2D eigenvalue weighted by molar-refractivity contribution is 5.94. The monoisotopic (exact) mass is 573 g/mol. The third-order valence-corrected chi connectivity index (χ3v) is 7.82. The van der Waals surface area contributed by atoms with Crippen LogP contribution in [0.1, 0.15) is 27.7 Å². The number of nitro benzene ring substituents is 1. The van der Waals surface area contributed by atoms with Crippen molar-refractivity contribution in [3.8, 4) is 22.7 Å². The van der Waals surface area contributed by atoms with Gasteiger partial charge in [0.15, 0.2) is 0 Å². The van der Waals surface area contributed by atoms with Crippen LogP contribution in [0.5, 0.6) is 5.75 Å². The number of nitro groups is 1. The van der Waals surface area contributed by atoms with E-state index in [-0.39, 0.29) is 17.6 Å². The fraction of sp³-hybridized carbons (Fsp3) is 0.176. The maximum atomic E-state index is 14.0. The zero-order valence-corrected chi connectivity index (χ0v) is 23.7. The Bertz CT molecular complexity index is 1660. The molecule has 1 amide bonds. The Labute approximate surface area is 249 Å². The molecule has 4 aromatic carbocycles. The number of rotatable bonds is 8. The fourth-order valence-electron chi connectivity index (χ4n) is 5.58. The fourth-order valence-corrected chi connectivity index (χ4v) is 5.58. The number of carbonyl (C=O) groups is 1. The van der Waals surface area contributed by atoms with Crippen molar-refractivity contribution in [1.29, 1.82) is 0 Å². The van der Waals surface area contributed by atoms with E-state index in [1.165, 1.54) is 23.3 Å². The average molecular weight is 574 g/mol. The van der Waals surface area contributed by atoms with E-state index in [9.17, 15) is 14.9 Å². The van der Waals surface area contributed by atoms with Crippen LogP contribution in [-0.4, -0.2) is 63.7 Å². The van der Waals surface area contributed by atoms with Crippen LogP contribution in [-0.2, 0) is 0 Å². The van der Waals surface area contributed by atoms with E-state index in [2.05, 4.69) is 53.4 Å². The van der Waals surface area contributed by atoms with Crippen LogP contribution in [0.3, 0.4) is 0 Å². The number of non-ortho nitro benzene ring substituents is 1. The van der Waals surface area contributed by atoms with Crippen molar-refractivity contribution in [1.82, 2.24) is 19.6 Å². The highest BCUT2D eigenvalue weighted by Crippen LogP contribution is 2.30. The lowest BCUT2D eigenvalue weighted by Gasteiger charge is -2.39. The van der Waals surface area contributed by atoms with Gasteiger partial charge >= 0.3 is 0 Å². The number of hydrogen-bond acceptors (Lipinski definition) is 6. The molecule has 1 aliphatic rings. The van der Waals surface area contributed by atoms with Gasteiger partial charge in [0.1, 0.15) is 11.4 Å². The minimum absolute atomic E-state index is 0.0262. The van der Waals surface area contributed by atoms with Crippen molar-refractivity contribution in [2.24, 2.45) is 0 Å². The van der Waals surface area contributed by atoms with E-state index in [1.807, 2.05) is 41.3 Å². The molecular weight excluding hydrogens is 542 g/mol. The summed E-state index contributed by atoms with van der Waals surface area (Å²) in [5, 5.41) is 16.0. The summed E-state index contributed by atoms with van der Waals surface area (Å²) in [4.78, 5) is 29.1. The zero-order chi connectivity index (χ0) is 29.8. The molecule has 0 spiro atoms. The van der Waals surface area contributed by atoms with Crippen molar-refractivity contribution < 1.29 is 14.5 Å². The maximum Gasteiger partial charge on any atom is 0.272 e. The molecule has 216 valence electrons. The SMILES string of the molecule is COc1ccc(-c2cc(C(=O)N3CCN(C(c4ccccc4)c4ccccc4)CC3)n(-c3ccc([N+](=O)[O-])cc3)n2)cc1. The number of methoxy groups -OCH3 is 1. The lowest BCUT2D eigenvalue weighted by atomic mass is 9.96. The molecule has 2 heterocycles. The summed E-state index contributed by atoms with van der Waals surface area (Å²) in [7, 11) is 1.61. The largest absolute Gasteiger partial charge is 0.497 e. The topological polar surface area (TPSA) is 93.7 Å². The molecule has 0 saturated carbocycles. The quantitative estimate of drug-likeness (QED) is 0.167. The van der Waals surface area contributed by atoms with E-state index in [0.29, 0.717) is 43.3 Å². The second kappa shape index (κ2) is 12.3. The predicted molar refractivity (Wildman–Crippen MR) is 164 cm³/mol. The Balaban J connectivity index is 1.28. The first-order valence-electron chi connectivity index (χ1n) is 14.1. The number of carbonyl (C=O) groups excluding carboxylic acids is 1. The third-order valence-electron chi connectivity index (χ3n) is 7.82. The van der Waals surface area contributed by atoms with E-state index in [1.54, 1.807) is 30.0 Å². The second-order valence-electron chi connectivity index (χ2n) is 10.4. The molecule has 0 atom stereocenters. The van der Waals surface area contributed by atoms with Crippen molar-refractivity contribution in [3.63, 3.8) is 0 Å². The molecule has 0 radical (unpaired) electrons. The van der Waals surface area contributed by atoms with Crippen LogP contribution < -0.4 is 4.74 Å². The minimum atomic E-state index is -0.445. The molecule has 1 fully saturated rings. The van der Waals surface area contributed by atoms with Crippen LogP contribution in [0.25, 0.3) is 16.9 Å². The van der Waals surface area contributed by atoms with Gasteiger partial charge in [0.2, 0.25) is 0 Å². The molecule has 0 unspecified atom stereocenters. The van der Waals surface area contributed by atoms with Crippen LogP contribution in [0.15, 0.2) is 115 Å². The number of benzene rings is 4. The van der Waals surface area contributed by atoms with Gasteiger partial charge in [0.05, 0.1) is 29.5 Å². The van der Waals surface area contributed by atoms with Gasteiger partial charge in [-0.05, 0) is 53.6 Å². The van der Waals surface area contributed by atoms with Crippen molar-refractivity contribution in [2.45, 2.75) is 6.04 Å². The van der Waals surface area contributed by atoms with Gasteiger partial charge in [-0.1, -0.05) is 60.7 Å². The molecule has 9 heteroatoms. The molecule has 1 aromatic heterocycles. The summed E-state index contributed by atoms with van der Waals surface area (Å²) >= 11 is 0. The molecule has 1 saturated heterocycles. The van der Waals surface area contributed by atoms with Crippen LogP contribution >= 0.6 is 0 Å². The number of amides is 1. The van der Waals surface area contributed by atoms with Gasteiger partial charge < -0.3 is 9.64 Å². The summed E-state index contributed by atoms with van der Waals surface area (Å²) in [5.74, 6) is 0.582. The van der Waals surface area contributed by atoms with Crippen LogP contribution in [0, 0.1) is 10.1 Å². The minimum Gasteiger partial charge on any atom is -0.497 e. The van der Waals surface area contributed by atoms with Gasteiger partial charge in [0.25, 0.3) is 11.6 Å². The number of ether oxygens (including phenoxy) is 1. The lowest BCUT2D eigenvalue weighted by Crippen LogP contribution is -2.50. The van der Waals surface area contributed by atoms with Crippen LogP contribution in [0.4, 0.5) is 5.69 Å². The molecule has 1 aliphatic heterocycles. The van der Waals surface area contributed by atoms with Gasteiger partial charge in [-0.25, -0.2) is 4.68 Å². The highest BCUT2D eigenvalue weighted by atomic mass is 16.6. The lowest BCUT2D eigenvalue weighted by molar-refractivity contribution is -0.384. The molecule has 0 bridgehead atoms. The zero-order valence-electron chi connectivity index (χ0n) is 23.7. The molecule has 6 rings (SSSR count). The van der Waals surface area contributed by atoms with Gasteiger partial charge in [-0.15, -0.1) is 0 Å². The Hall–Kier alpha value is -5.28. The highest BCUT2D eigenvalue weighted by Gasteiger charge is 2.30. The summed E-state index contributed by atoms with van der Waals surface area (Å²) in [5.41, 5.74) is 4.82. The first-order chi connectivity index (χ1) is 21.0. The molecule has 43 heavy (non-hydrogen) atoms. The van der Waals surface area contributed by atoms with E-state index in [0.717, 1.165) is 11.3 Å². The van der Waals surface area contributed by atoms with Crippen molar-refractivity contribution in [3.05, 3.63) is 142 Å². The first kappa shape index (κ1) is 27.9. The van der Waals surface area contributed by atoms with E-state index < -0.39 is 4.92 Å². The van der Waals surface area contributed by atoms with Crippen molar-refractivity contribution in [2.75, 3.05) is 33.3 Å². The van der Waals surface area contributed by atoms with Crippen molar-refractivity contribution >= 4 is 11.6 Å². The Morgan fingerprint density at radius 2 is 1.40 bits per heavy atom. The Kier molecular flexibility index (Phi) is 7.97. The maximum absolute atomic E-state index is 14.0. The Morgan fingerprint density at radius 3 is 1.93 bits per heavy atom. The second-order valence-corrected chi connectivity index (χ2v) is 10.4.